The van der Waals surface area contributed by atoms with Crippen molar-refractivity contribution in [2.24, 2.45) is 0 Å². The molecular weight excluding hydrogens is 303 g/mol. The molecule has 2 rings (SSSR count). The Labute approximate surface area is 125 Å². The molecular formula is C14H12Cl2O2S. The number of Topliss-reactive ketones (excluding diaryl/α,β-unsaturated/α-hetero) is 1. The first kappa shape index (κ1) is 14.4. The van der Waals surface area contributed by atoms with Crippen molar-refractivity contribution in [2.45, 2.75) is 12.8 Å². The van der Waals surface area contributed by atoms with Gasteiger partial charge in [-0.25, -0.2) is 0 Å². The Morgan fingerprint density at radius 3 is 2.53 bits per heavy atom. The van der Waals surface area contributed by atoms with Crippen LogP contribution in [0.1, 0.15) is 22.5 Å². The van der Waals surface area contributed by atoms with Gasteiger partial charge in [0.2, 0.25) is 0 Å². The maximum atomic E-state index is 11.8. The van der Waals surface area contributed by atoms with Gasteiger partial charge in [0.1, 0.15) is 0 Å². The summed E-state index contributed by atoms with van der Waals surface area (Å²) in [5, 5.41) is 2.86. The van der Waals surface area contributed by atoms with Gasteiger partial charge in [-0.2, -0.15) is 0 Å². The van der Waals surface area contributed by atoms with E-state index in [1.54, 1.807) is 18.2 Å². The van der Waals surface area contributed by atoms with E-state index in [0.29, 0.717) is 35.2 Å². The molecule has 1 heterocycles. The summed E-state index contributed by atoms with van der Waals surface area (Å²) in [7, 11) is 0. The number of carbonyl (C=O) groups excluding carboxylic acids is 1. The summed E-state index contributed by atoms with van der Waals surface area (Å²) in [6.45, 7) is 0.417. The van der Waals surface area contributed by atoms with Gasteiger partial charge in [-0.05, 0) is 30.0 Å². The van der Waals surface area contributed by atoms with Crippen molar-refractivity contribution in [3.63, 3.8) is 0 Å². The first-order valence-corrected chi connectivity index (χ1v) is 7.45. The number of ether oxygens (including phenoxy) is 1. The molecule has 100 valence electrons. The Morgan fingerprint density at radius 1 is 1.16 bits per heavy atom. The molecule has 0 amide bonds. The number of rotatable bonds is 6. The van der Waals surface area contributed by atoms with E-state index in [4.69, 9.17) is 27.9 Å². The highest BCUT2D eigenvalue weighted by atomic mass is 35.5. The number of hydrogen-bond acceptors (Lipinski definition) is 3. The number of ketones is 1. The maximum Gasteiger partial charge on any atom is 0.172 e. The fourth-order valence-electron chi connectivity index (χ4n) is 1.59. The number of para-hydroxylation sites is 1. The highest BCUT2D eigenvalue weighted by Gasteiger charge is 2.08. The predicted molar refractivity (Wildman–Crippen MR) is 79.8 cm³/mol. The zero-order valence-corrected chi connectivity index (χ0v) is 12.4. The molecule has 0 fully saturated rings. The molecule has 5 heteroatoms. The topological polar surface area (TPSA) is 26.3 Å². The Hall–Kier alpha value is -1.03. The molecule has 0 atom stereocenters. The first-order chi connectivity index (χ1) is 9.18. The molecule has 19 heavy (non-hydrogen) atoms. The van der Waals surface area contributed by atoms with Crippen molar-refractivity contribution in [3.05, 3.63) is 50.6 Å². The van der Waals surface area contributed by atoms with Crippen LogP contribution in [0.15, 0.2) is 35.7 Å². The van der Waals surface area contributed by atoms with Gasteiger partial charge in [0, 0.05) is 6.42 Å². The van der Waals surface area contributed by atoms with Crippen molar-refractivity contribution in [3.8, 4) is 5.75 Å². The number of hydrogen-bond donors (Lipinski definition) is 0. The van der Waals surface area contributed by atoms with Crippen LogP contribution in [0.5, 0.6) is 5.75 Å². The molecule has 0 saturated heterocycles. The summed E-state index contributed by atoms with van der Waals surface area (Å²) < 4.78 is 5.52. The van der Waals surface area contributed by atoms with Gasteiger partial charge in [0.25, 0.3) is 0 Å². The summed E-state index contributed by atoms with van der Waals surface area (Å²) in [4.78, 5) is 12.5. The minimum Gasteiger partial charge on any atom is -0.490 e. The number of carbonyl (C=O) groups is 1. The smallest absolute Gasteiger partial charge is 0.172 e. The zero-order chi connectivity index (χ0) is 13.7. The molecule has 2 aromatic rings. The van der Waals surface area contributed by atoms with Crippen LogP contribution in [0.2, 0.25) is 10.0 Å². The lowest BCUT2D eigenvalue weighted by Gasteiger charge is -2.09. The molecule has 0 aliphatic rings. The molecule has 0 unspecified atom stereocenters. The van der Waals surface area contributed by atoms with Crippen LogP contribution >= 0.6 is 34.5 Å². The van der Waals surface area contributed by atoms with E-state index < -0.39 is 0 Å². The van der Waals surface area contributed by atoms with Gasteiger partial charge in [-0.1, -0.05) is 35.3 Å². The van der Waals surface area contributed by atoms with Gasteiger partial charge in [-0.3, -0.25) is 4.79 Å². The molecule has 1 aromatic heterocycles. The lowest BCUT2D eigenvalue weighted by molar-refractivity contribution is 0.0977. The van der Waals surface area contributed by atoms with Crippen LogP contribution in [-0.2, 0) is 0 Å². The number of thiophene rings is 1. The third-order valence-corrected chi connectivity index (χ3v) is 4.02. The first-order valence-electron chi connectivity index (χ1n) is 5.82. The summed E-state index contributed by atoms with van der Waals surface area (Å²) in [6.07, 6.45) is 1.10. The SMILES string of the molecule is O=C(CCCOc1c(Cl)cccc1Cl)c1cccs1. The third kappa shape index (κ3) is 3.96. The standard InChI is InChI=1S/C14H12Cl2O2S/c15-10-4-1-5-11(16)14(10)18-8-2-6-12(17)13-7-3-9-19-13/h1,3-5,7,9H,2,6,8H2. The Kier molecular flexibility index (Phi) is 5.25. The minimum absolute atomic E-state index is 0.142. The zero-order valence-electron chi connectivity index (χ0n) is 10.1. The van der Waals surface area contributed by atoms with Crippen LogP contribution in [0.25, 0.3) is 0 Å². The second-order valence-electron chi connectivity index (χ2n) is 3.90. The molecule has 0 saturated carbocycles. The minimum atomic E-state index is 0.142. The van der Waals surface area contributed by atoms with Gasteiger partial charge in [0.05, 0.1) is 21.5 Å². The van der Waals surface area contributed by atoms with Gasteiger partial charge >= 0.3 is 0 Å². The monoisotopic (exact) mass is 314 g/mol. The molecule has 0 N–H and O–H groups in total. The van der Waals surface area contributed by atoms with Crippen LogP contribution in [0, 0.1) is 0 Å². The third-order valence-electron chi connectivity index (χ3n) is 2.51. The lowest BCUT2D eigenvalue weighted by Crippen LogP contribution is -2.03. The van der Waals surface area contributed by atoms with Gasteiger partial charge in [0.15, 0.2) is 11.5 Å². The lowest BCUT2D eigenvalue weighted by atomic mass is 10.2. The fraction of sp³-hybridized carbons (Fsp3) is 0.214. The predicted octanol–water partition coefficient (Wildman–Crippen LogP) is 5.10. The molecule has 0 radical (unpaired) electrons. The molecule has 0 aliphatic heterocycles. The Morgan fingerprint density at radius 2 is 1.89 bits per heavy atom. The summed E-state index contributed by atoms with van der Waals surface area (Å²) in [6, 6.07) is 8.91. The fourth-order valence-corrected chi connectivity index (χ4v) is 2.79. The Balaban J connectivity index is 1.80. The van der Waals surface area contributed by atoms with E-state index in [2.05, 4.69) is 0 Å². The van der Waals surface area contributed by atoms with Crippen molar-refractivity contribution in [2.75, 3.05) is 6.61 Å². The summed E-state index contributed by atoms with van der Waals surface area (Å²) >= 11 is 13.4. The van der Waals surface area contributed by atoms with E-state index in [1.807, 2.05) is 17.5 Å². The molecule has 0 spiro atoms. The largest absolute Gasteiger partial charge is 0.490 e. The highest BCUT2D eigenvalue weighted by molar-refractivity contribution is 7.12. The highest BCUT2D eigenvalue weighted by Crippen LogP contribution is 2.32. The van der Waals surface area contributed by atoms with Crippen molar-refractivity contribution >= 4 is 40.3 Å². The van der Waals surface area contributed by atoms with E-state index in [-0.39, 0.29) is 5.78 Å². The van der Waals surface area contributed by atoms with E-state index in [9.17, 15) is 4.79 Å². The number of benzene rings is 1. The second kappa shape index (κ2) is 6.94. The van der Waals surface area contributed by atoms with E-state index in [0.717, 1.165) is 4.88 Å². The molecule has 1 aromatic carbocycles. The number of halogens is 2. The second-order valence-corrected chi connectivity index (χ2v) is 5.67. The maximum absolute atomic E-state index is 11.8. The molecule has 2 nitrogen and oxygen atoms in total. The summed E-state index contributed by atoms with van der Waals surface area (Å²) in [5.41, 5.74) is 0. The van der Waals surface area contributed by atoms with Gasteiger partial charge in [-0.15, -0.1) is 11.3 Å². The van der Waals surface area contributed by atoms with Crippen molar-refractivity contribution < 1.29 is 9.53 Å². The van der Waals surface area contributed by atoms with Crippen molar-refractivity contribution in [1.29, 1.82) is 0 Å². The molecule has 0 bridgehead atoms. The van der Waals surface area contributed by atoms with E-state index in [1.165, 1.54) is 11.3 Å². The quantitative estimate of drug-likeness (QED) is 0.548. The van der Waals surface area contributed by atoms with Crippen LogP contribution < -0.4 is 4.74 Å². The van der Waals surface area contributed by atoms with E-state index >= 15 is 0 Å². The Bertz CT molecular complexity index is 532. The summed E-state index contributed by atoms with van der Waals surface area (Å²) in [5.74, 6) is 0.623. The van der Waals surface area contributed by atoms with Crippen LogP contribution in [0.3, 0.4) is 0 Å². The van der Waals surface area contributed by atoms with Crippen LogP contribution in [-0.4, -0.2) is 12.4 Å². The van der Waals surface area contributed by atoms with Crippen LogP contribution in [0.4, 0.5) is 0 Å². The average Bonchev–Trinajstić information content (AvgIpc) is 2.91. The van der Waals surface area contributed by atoms with Crippen molar-refractivity contribution in [1.82, 2.24) is 0 Å². The van der Waals surface area contributed by atoms with Gasteiger partial charge < -0.3 is 4.74 Å². The normalized spacial score (nSPS) is 10.4. The molecule has 0 aliphatic carbocycles. The average molecular weight is 315 g/mol.